The van der Waals surface area contributed by atoms with E-state index in [4.69, 9.17) is 11.6 Å². The maximum absolute atomic E-state index is 12.3. The van der Waals surface area contributed by atoms with Crippen molar-refractivity contribution in [1.29, 1.82) is 0 Å². The Hall–Kier alpha value is -2.55. The van der Waals surface area contributed by atoms with E-state index >= 15 is 0 Å². The number of anilines is 1. The van der Waals surface area contributed by atoms with Crippen LogP contribution in [0.3, 0.4) is 0 Å². The molecule has 1 amide bonds. The maximum Gasteiger partial charge on any atom is 0.286 e. The Bertz CT molecular complexity index is 1110. The average Bonchev–Trinajstić information content (AvgIpc) is 3.34. The predicted octanol–water partition coefficient (Wildman–Crippen LogP) is 3.02. The first-order valence-corrected chi connectivity index (χ1v) is 10.2. The number of nitrogens with one attached hydrogen (secondary N) is 4. The minimum Gasteiger partial charge on any atom is -0.350 e. The molecule has 4 rings (SSSR count). The SMILES string of the molecule is O=C(NNc1ccc(S(=O)(=O)NC2CC2)cc1)c1cc2ccc(Cl)cc2[nH]1. The molecule has 1 heterocycles. The van der Waals surface area contributed by atoms with Crippen LogP contribution in [0.2, 0.25) is 5.02 Å². The van der Waals surface area contributed by atoms with Gasteiger partial charge in [0.25, 0.3) is 5.91 Å². The first-order valence-electron chi connectivity index (χ1n) is 8.38. The van der Waals surface area contributed by atoms with Gasteiger partial charge in [-0.2, -0.15) is 0 Å². The summed E-state index contributed by atoms with van der Waals surface area (Å²) in [4.78, 5) is 15.5. The summed E-state index contributed by atoms with van der Waals surface area (Å²) in [6, 6.07) is 13.3. The highest BCUT2D eigenvalue weighted by atomic mass is 35.5. The monoisotopic (exact) mass is 404 g/mol. The lowest BCUT2D eigenvalue weighted by molar-refractivity contribution is 0.0958. The molecule has 0 aliphatic heterocycles. The number of sulfonamides is 1. The van der Waals surface area contributed by atoms with E-state index in [1.165, 1.54) is 12.1 Å². The number of aromatic nitrogens is 1. The Morgan fingerprint density at radius 2 is 1.81 bits per heavy atom. The topological polar surface area (TPSA) is 103 Å². The van der Waals surface area contributed by atoms with Crippen molar-refractivity contribution in [3.63, 3.8) is 0 Å². The van der Waals surface area contributed by atoms with Crippen molar-refractivity contribution in [2.45, 2.75) is 23.8 Å². The first kappa shape index (κ1) is 17.8. The molecule has 1 aromatic heterocycles. The van der Waals surface area contributed by atoms with Crippen LogP contribution in [0.25, 0.3) is 10.9 Å². The van der Waals surface area contributed by atoms with Crippen molar-refractivity contribution in [2.24, 2.45) is 0 Å². The van der Waals surface area contributed by atoms with E-state index in [0.717, 1.165) is 23.7 Å². The number of rotatable bonds is 6. The van der Waals surface area contributed by atoms with Crippen molar-refractivity contribution >= 4 is 44.1 Å². The van der Waals surface area contributed by atoms with Gasteiger partial charge in [-0.1, -0.05) is 17.7 Å². The largest absolute Gasteiger partial charge is 0.350 e. The second kappa shape index (κ2) is 6.88. The fourth-order valence-corrected chi connectivity index (χ4v) is 4.10. The summed E-state index contributed by atoms with van der Waals surface area (Å²) >= 11 is 5.94. The van der Waals surface area contributed by atoms with Crippen molar-refractivity contribution in [3.8, 4) is 0 Å². The van der Waals surface area contributed by atoms with Gasteiger partial charge in [0.1, 0.15) is 5.69 Å². The first-order chi connectivity index (χ1) is 12.9. The van der Waals surface area contributed by atoms with E-state index in [2.05, 4.69) is 20.6 Å². The summed E-state index contributed by atoms with van der Waals surface area (Å²) in [5.41, 5.74) is 7.06. The second-order valence-corrected chi connectivity index (χ2v) is 8.56. The van der Waals surface area contributed by atoms with Gasteiger partial charge < -0.3 is 4.98 Å². The van der Waals surface area contributed by atoms with Crippen LogP contribution in [0.4, 0.5) is 5.69 Å². The van der Waals surface area contributed by atoms with Crippen LogP contribution in [-0.4, -0.2) is 25.4 Å². The molecule has 0 saturated heterocycles. The van der Waals surface area contributed by atoms with Gasteiger partial charge in [0.05, 0.1) is 10.6 Å². The van der Waals surface area contributed by atoms with Crippen molar-refractivity contribution in [2.75, 3.05) is 5.43 Å². The summed E-state index contributed by atoms with van der Waals surface area (Å²) in [6.45, 7) is 0. The molecule has 140 valence electrons. The molecule has 1 aliphatic carbocycles. The third kappa shape index (κ3) is 4.08. The fourth-order valence-electron chi connectivity index (χ4n) is 2.62. The molecule has 9 heteroatoms. The third-order valence-electron chi connectivity index (χ3n) is 4.21. The molecule has 3 aromatic rings. The summed E-state index contributed by atoms with van der Waals surface area (Å²) < 4.78 is 26.9. The molecule has 1 aliphatic rings. The smallest absolute Gasteiger partial charge is 0.286 e. The van der Waals surface area contributed by atoms with Gasteiger partial charge in [0, 0.05) is 22.0 Å². The summed E-state index contributed by atoms with van der Waals surface area (Å²) in [5, 5.41) is 1.46. The Balaban J connectivity index is 1.40. The summed E-state index contributed by atoms with van der Waals surface area (Å²) in [6.07, 6.45) is 1.76. The molecule has 1 saturated carbocycles. The maximum atomic E-state index is 12.3. The van der Waals surface area contributed by atoms with Gasteiger partial charge in [-0.3, -0.25) is 15.6 Å². The van der Waals surface area contributed by atoms with Crippen molar-refractivity contribution < 1.29 is 13.2 Å². The number of amides is 1. The van der Waals surface area contributed by atoms with Gasteiger partial charge in [-0.15, -0.1) is 0 Å². The predicted molar refractivity (Wildman–Crippen MR) is 104 cm³/mol. The highest BCUT2D eigenvalue weighted by Crippen LogP contribution is 2.23. The van der Waals surface area contributed by atoms with Crippen LogP contribution < -0.4 is 15.6 Å². The molecular formula is C18H17ClN4O3S. The zero-order valence-corrected chi connectivity index (χ0v) is 15.7. The molecule has 7 nitrogen and oxygen atoms in total. The number of carbonyl (C=O) groups excluding carboxylic acids is 1. The molecule has 0 atom stereocenters. The van der Waals surface area contributed by atoms with Crippen molar-refractivity contribution in [1.82, 2.24) is 15.1 Å². The molecule has 0 spiro atoms. The molecule has 4 N–H and O–H groups in total. The van der Waals surface area contributed by atoms with Gasteiger partial charge in [0.2, 0.25) is 10.0 Å². The lowest BCUT2D eigenvalue weighted by Gasteiger charge is -2.09. The minimum absolute atomic E-state index is 0.0540. The fraction of sp³-hybridized carbons (Fsp3) is 0.167. The average molecular weight is 405 g/mol. The van der Waals surface area contributed by atoms with E-state index < -0.39 is 10.0 Å². The lowest BCUT2D eigenvalue weighted by atomic mass is 10.2. The number of H-pyrrole nitrogens is 1. The van der Waals surface area contributed by atoms with Crippen LogP contribution in [0.15, 0.2) is 53.4 Å². The van der Waals surface area contributed by atoms with Crippen molar-refractivity contribution in [3.05, 3.63) is 59.2 Å². The quantitative estimate of drug-likeness (QED) is 0.474. The molecular weight excluding hydrogens is 388 g/mol. The Morgan fingerprint density at radius 1 is 1.07 bits per heavy atom. The van der Waals surface area contributed by atoms with E-state index in [0.29, 0.717) is 16.4 Å². The number of carbonyl (C=O) groups is 1. The number of fused-ring (bicyclic) bond motifs is 1. The zero-order valence-electron chi connectivity index (χ0n) is 14.1. The van der Waals surface area contributed by atoms with Crippen LogP contribution >= 0.6 is 11.6 Å². The van der Waals surface area contributed by atoms with Gasteiger partial charge in [-0.25, -0.2) is 13.1 Å². The summed E-state index contributed by atoms with van der Waals surface area (Å²) in [7, 11) is -3.49. The van der Waals surface area contributed by atoms with E-state index in [1.54, 1.807) is 30.3 Å². The van der Waals surface area contributed by atoms with E-state index in [-0.39, 0.29) is 16.8 Å². The second-order valence-electron chi connectivity index (χ2n) is 6.41. The molecule has 0 radical (unpaired) electrons. The number of benzene rings is 2. The van der Waals surface area contributed by atoms with Gasteiger partial charge >= 0.3 is 0 Å². The minimum atomic E-state index is -3.49. The number of aromatic amines is 1. The number of hydrogen-bond donors (Lipinski definition) is 4. The number of hydrogen-bond acceptors (Lipinski definition) is 4. The van der Waals surface area contributed by atoms with Gasteiger partial charge in [0.15, 0.2) is 0 Å². The zero-order chi connectivity index (χ0) is 19.0. The summed E-state index contributed by atoms with van der Waals surface area (Å²) in [5.74, 6) is -0.352. The highest BCUT2D eigenvalue weighted by Gasteiger charge is 2.27. The number of halogens is 1. The molecule has 27 heavy (non-hydrogen) atoms. The normalized spacial score (nSPS) is 14.3. The Kier molecular flexibility index (Phi) is 4.55. The molecule has 0 bridgehead atoms. The molecule has 2 aromatic carbocycles. The Morgan fingerprint density at radius 3 is 2.52 bits per heavy atom. The van der Waals surface area contributed by atoms with Crippen LogP contribution in [0, 0.1) is 0 Å². The highest BCUT2D eigenvalue weighted by molar-refractivity contribution is 7.89. The van der Waals surface area contributed by atoms with Crippen LogP contribution in [-0.2, 0) is 10.0 Å². The molecule has 0 unspecified atom stereocenters. The Labute approximate surface area is 161 Å². The number of hydrazine groups is 1. The van der Waals surface area contributed by atoms with Crippen LogP contribution in [0.1, 0.15) is 23.3 Å². The molecule has 1 fully saturated rings. The van der Waals surface area contributed by atoms with Gasteiger partial charge in [-0.05, 0) is 55.3 Å². The standard InChI is InChI=1S/C18H17ClN4O3S/c19-12-2-1-11-9-17(20-16(11)10-12)18(24)22-21-13-5-7-15(8-6-13)27(25,26)23-14-3-4-14/h1-2,5-10,14,20-21,23H,3-4H2,(H,22,24). The van der Waals surface area contributed by atoms with E-state index in [9.17, 15) is 13.2 Å². The van der Waals surface area contributed by atoms with Crippen LogP contribution in [0.5, 0.6) is 0 Å². The third-order valence-corrected chi connectivity index (χ3v) is 5.98. The lowest BCUT2D eigenvalue weighted by Crippen LogP contribution is -2.29. The van der Waals surface area contributed by atoms with E-state index in [1.807, 2.05) is 6.07 Å².